The Kier molecular flexibility index (Phi) is 6.67. The summed E-state index contributed by atoms with van der Waals surface area (Å²) in [7, 11) is 0. The van der Waals surface area contributed by atoms with Crippen LogP contribution in [0.3, 0.4) is 0 Å². The Labute approximate surface area is 195 Å². The zero-order chi connectivity index (χ0) is 23.4. The summed E-state index contributed by atoms with van der Waals surface area (Å²) in [6.45, 7) is 6.47. The van der Waals surface area contributed by atoms with E-state index < -0.39 is 11.6 Å². The lowest BCUT2D eigenvalue weighted by Crippen LogP contribution is -2.52. The second kappa shape index (κ2) is 9.65. The number of hydrogen-bond donors (Lipinski definition) is 1. The van der Waals surface area contributed by atoms with Crippen molar-refractivity contribution in [3.63, 3.8) is 0 Å². The molecule has 0 spiro atoms. The highest BCUT2D eigenvalue weighted by molar-refractivity contribution is 6.09. The predicted molar refractivity (Wildman–Crippen MR) is 128 cm³/mol. The quantitative estimate of drug-likeness (QED) is 0.660. The van der Waals surface area contributed by atoms with Crippen molar-refractivity contribution < 1.29 is 14.4 Å². The number of anilines is 1. The second-order valence-corrected chi connectivity index (χ2v) is 8.90. The third-order valence-corrected chi connectivity index (χ3v) is 6.64. The Hall–Kier alpha value is -3.35. The van der Waals surface area contributed by atoms with Crippen LogP contribution in [0.25, 0.3) is 0 Å². The number of piperazine rings is 1. The third-order valence-electron chi connectivity index (χ3n) is 6.64. The first-order valence-corrected chi connectivity index (χ1v) is 11.7. The van der Waals surface area contributed by atoms with Gasteiger partial charge in [0.25, 0.3) is 5.91 Å². The number of nitrogens with one attached hydrogen (secondary N) is 1. The lowest BCUT2D eigenvalue weighted by Gasteiger charge is -2.36. The maximum Gasteiger partial charge on any atom is 0.325 e. The predicted octanol–water partition coefficient (Wildman–Crippen LogP) is 3.28. The zero-order valence-electron chi connectivity index (χ0n) is 19.4. The molecule has 0 radical (unpaired) electrons. The van der Waals surface area contributed by atoms with Gasteiger partial charge in [-0.1, -0.05) is 62.2 Å². The van der Waals surface area contributed by atoms with Gasteiger partial charge >= 0.3 is 6.03 Å². The monoisotopic (exact) mass is 448 g/mol. The molecule has 4 rings (SSSR count). The average Bonchev–Trinajstić information content (AvgIpc) is 3.08. The van der Waals surface area contributed by atoms with Crippen molar-refractivity contribution in [1.29, 1.82) is 0 Å². The molecule has 0 bridgehead atoms. The van der Waals surface area contributed by atoms with Crippen molar-refractivity contribution in [2.45, 2.75) is 38.6 Å². The fourth-order valence-corrected chi connectivity index (χ4v) is 4.72. The van der Waals surface area contributed by atoms with Crippen LogP contribution in [0.4, 0.5) is 10.5 Å². The molecule has 2 aromatic rings. The van der Waals surface area contributed by atoms with E-state index in [-0.39, 0.29) is 18.4 Å². The number of hydrogen-bond acceptors (Lipinski definition) is 4. The number of benzene rings is 2. The molecule has 2 aromatic carbocycles. The van der Waals surface area contributed by atoms with Gasteiger partial charge in [0.05, 0.1) is 0 Å². The molecule has 2 saturated heterocycles. The van der Waals surface area contributed by atoms with Gasteiger partial charge in [0, 0.05) is 31.9 Å². The first kappa shape index (κ1) is 22.8. The van der Waals surface area contributed by atoms with Gasteiger partial charge in [0.2, 0.25) is 5.91 Å². The summed E-state index contributed by atoms with van der Waals surface area (Å²) in [6.07, 6.45) is 2.21. The van der Waals surface area contributed by atoms with Crippen molar-refractivity contribution in [3.05, 3.63) is 65.7 Å². The van der Waals surface area contributed by atoms with Crippen LogP contribution in [0.1, 0.15) is 37.3 Å². The molecular formula is C26H32N4O3. The minimum absolute atomic E-state index is 0.193. The van der Waals surface area contributed by atoms with Gasteiger partial charge < -0.3 is 15.1 Å². The summed E-state index contributed by atoms with van der Waals surface area (Å²) in [5.41, 5.74) is 2.02. The molecule has 4 amide bonds. The molecule has 2 aliphatic rings. The fourth-order valence-electron chi connectivity index (χ4n) is 4.72. The van der Waals surface area contributed by atoms with E-state index in [2.05, 4.69) is 42.3 Å². The maximum absolute atomic E-state index is 13.5. The number of aryl methyl sites for hydroxylation is 1. The summed E-state index contributed by atoms with van der Waals surface area (Å²) in [5.74, 6) is -0.527. The van der Waals surface area contributed by atoms with Crippen LogP contribution in [0, 0.1) is 6.92 Å². The number of unbranched alkanes of at least 4 members (excludes halogenated alkanes) is 1. The molecular weight excluding hydrogens is 416 g/mol. The normalized spacial score (nSPS) is 20.8. The molecule has 174 valence electrons. The van der Waals surface area contributed by atoms with Crippen molar-refractivity contribution in [3.8, 4) is 0 Å². The van der Waals surface area contributed by atoms with E-state index in [1.807, 2.05) is 36.4 Å². The van der Waals surface area contributed by atoms with E-state index in [1.165, 1.54) is 5.56 Å². The van der Waals surface area contributed by atoms with Crippen molar-refractivity contribution in [2.75, 3.05) is 37.6 Å². The first-order valence-electron chi connectivity index (χ1n) is 11.7. The second-order valence-electron chi connectivity index (χ2n) is 8.90. The summed E-state index contributed by atoms with van der Waals surface area (Å²) in [4.78, 5) is 44.5. The van der Waals surface area contributed by atoms with E-state index in [0.29, 0.717) is 19.5 Å². The Morgan fingerprint density at radius 2 is 1.73 bits per heavy atom. The van der Waals surface area contributed by atoms with Crippen LogP contribution < -0.4 is 10.2 Å². The maximum atomic E-state index is 13.5. The summed E-state index contributed by atoms with van der Waals surface area (Å²) >= 11 is 0. The molecule has 2 aliphatic heterocycles. The van der Waals surface area contributed by atoms with E-state index >= 15 is 0 Å². The first-order chi connectivity index (χ1) is 15.9. The minimum Gasteiger partial charge on any atom is -0.368 e. The largest absolute Gasteiger partial charge is 0.368 e. The van der Waals surface area contributed by atoms with Gasteiger partial charge in [-0.3, -0.25) is 14.5 Å². The van der Waals surface area contributed by atoms with E-state index in [9.17, 15) is 14.4 Å². The molecule has 0 saturated carbocycles. The molecule has 1 unspecified atom stereocenters. The van der Waals surface area contributed by atoms with Crippen LogP contribution >= 0.6 is 0 Å². The number of carbonyl (C=O) groups excluding carboxylic acids is 3. The van der Waals surface area contributed by atoms with Crippen LogP contribution in [0.5, 0.6) is 0 Å². The Bertz CT molecular complexity index is 1020. The van der Waals surface area contributed by atoms with Crippen molar-refractivity contribution in [1.82, 2.24) is 15.1 Å². The molecule has 7 heteroatoms. The highest BCUT2D eigenvalue weighted by Crippen LogP contribution is 2.34. The van der Waals surface area contributed by atoms with Crippen LogP contribution in [-0.2, 0) is 15.1 Å². The molecule has 7 nitrogen and oxygen atoms in total. The van der Waals surface area contributed by atoms with Gasteiger partial charge in [-0.2, -0.15) is 0 Å². The topological polar surface area (TPSA) is 73.0 Å². The molecule has 2 fully saturated rings. The number of urea groups is 1. The number of carbonyl (C=O) groups is 3. The standard InChI is InChI=1S/C26H32N4O3/c1-3-4-13-26(21-10-6-5-7-11-21)24(32)30(25(33)27-26)19-23(31)29-16-14-28(15-17-29)22-12-8-9-20(2)18-22/h5-12,18H,3-4,13-17,19H2,1-2H3,(H,27,33). The zero-order valence-corrected chi connectivity index (χ0v) is 19.4. The van der Waals surface area contributed by atoms with Crippen molar-refractivity contribution in [2.24, 2.45) is 0 Å². The highest BCUT2D eigenvalue weighted by Gasteiger charge is 2.52. The van der Waals surface area contributed by atoms with Crippen molar-refractivity contribution >= 4 is 23.5 Å². The number of imide groups is 1. The lowest BCUT2D eigenvalue weighted by molar-refractivity contribution is -0.139. The Morgan fingerprint density at radius 3 is 2.39 bits per heavy atom. The summed E-state index contributed by atoms with van der Waals surface area (Å²) < 4.78 is 0. The number of nitrogens with zero attached hydrogens (tertiary/aromatic N) is 3. The highest BCUT2D eigenvalue weighted by atomic mass is 16.2. The minimum atomic E-state index is -1.10. The number of amides is 4. The van der Waals surface area contributed by atoms with Gasteiger partial charge in [0.15, 0.2) is 0 Å². The van der Waals surface area contributed by atoms with E-state index in [4.69, 9.17) is 0 Å². The van der Waals surface area contributed by atoms with Gasteiger partial charge in [-0.05, 0) is 36.6 Å². The van der Waals surface area contributed by atoms with Crippen LogP contribution in [-0.4, -0.2) is 60.4 Å². The average molecular weight is 449 g/mol. The molecule has 33 heavy (non-hydrogen) atoms. The van der Waals surface area contributed by atoms with Crippen LogP contribution in [0.2, 0.25) is 0 Å². The SMILES string of the molecule is CCCCC1(c2ccccc2)NC(=O)N(CC(=O)N2CCN(c3cccc(C)c3)CC2)C1=O. The molecule has 1 N–H and O–H groups in total. The summed E-state index contributed by atoms with van der Waals surface area (Å²) in [6, 6.07) is 17.2. The summed E-state index contributed by atoms with van der Waals surface area (Å²) in [5, 5.41) is 2.92. The number of rotatable bonds is 7. The van der Waals surface area contributed by atoms with E-state index in [0.717, 1.165) is 42.1 Å². The van der Waals surface area contributed by atoms with E-state index in [1.54, 1.807) is 4.90 Å². The third kappa shape index (κ3) is 4.58. The molecule has 2 heterocycles. The van der Waals surface area contributed by atoms with Crippen LogP contribution in [0.15, 0.2) is 54.6 Å². The Balaban J connectivity index is 1.43. The Morgan fingerprint density at radius 1 is 1.00 bits per heavy atom. The smallest absolute Gasteiger partial charge is 0.325 e. The van der Waals surface area contributed by atoms with Gasteiger partial charge in [0.1, 0.15) is 12.1 Å². The van der Waals surface area contributed by atoms with Gasteiger partial charge in [-0.25, -0.2) is 4.79 Å². The molecule has 1 atom stereocenters. The fraction of sp³-hybridized carbons (Fsp3) is 0.423. The van der Waals surface area contributed by atoms with Gasteiger partial charge in [-0.15, -0.1) is 0 Å². The molecule has 0 aliphatic carbocycles. The lowest BCUT2D eigenvalue weighted by atomic mass is 9.85. The molecule has 0 aromatic heterocycles.